The molecule has 10 aromatic rings. The first kappa shape index (κ1) is 29.4. The third-order valence-electron chi connectivity index (χ3n) is 13.0. The molecule has 0 unspecified atom stereocenters. The Bertz CT molecular complexity index is 3250. The molecule has 0 atom stereocenters. The highest BCUT2D eigenvalue weighted by Crippen LogP contribution is 2.65. The maximum Gasteiger partial charge on any atom is 0.0731 e. The van der Waals surface area contributed by atoms with Crippen LogP contribution in [0.4, 0.5) is 0 Å². The Balaban J connectivity index is 1.02. The maximum absolute atomic E-state index is 2.42. The van der Waals surface area contributed by atoms with Crippen LogP contribution in [0.1, 0.15) is 22.3 Å². The lowest BCUT2D eigenvalue weighted by atomic mass is 9.69. The van der Waals surface area contributed by atoms with Gasteiger partial charge in [0.2, 0.25) is 0 Å². The van der Waals surface area contributed by atoms with E-state index in [4.69, 9.17) is 0 Å². The van der Waals surface area contributed by atoms with Crippen molar-refractivity contribution in [3.8, 4) is 66.8 Å². The summed E-state index contributed by atoms with van der Waals surface area (Å²) in [4.78, 5) is 0. The van der Waals surface area contributed by atoms with Gasteiger partial charge in [0, 0.05) is 0 Å². The predicted octanol–water partition coefficient (Wildman–Crippen LogP) is 14.5. The van der Waals surface area contributed by atoms with Gasteiger partial charge in [-0.1, -0.05) is 182 Å². The summed E-state index contributed by atoms with van der Waals surface area (Å²) in [6.07, 6.45) is 0. The number of fused-ring (bicyclic) bond motifs is 17. The molecule has 0 aliphatic heterocycles. The standard InChI is InChI=1S/C55H32/c1-2-14-39-33(11-1)25-30-51-53(39)48-27-24-37-32-35(23-26-40(37)54(48)55(51)49-21-7-5-17-43(49)44-18-6-8-22-50(44)55)34-12-9-13-36(31-34)38-28-29-47-42-16-4-3-15-41(42)46-20-10-19-45(38)52(46)47/h1-32H. The Labute approximate surface area is 319 Å². The van der Waals surface area contributed by atoms with Crippen LogP contribution in [0.25, 0.3) is 99.1 Å². The molecule has 0 heteroatoms. The number of hydrogen-bond donors (Lipinski definition) is 0. The summed E-state index contributed by atoms with van der Waals surface area (Å²) in [6.45, 7) is 0. The Morgan fingerprint density at radius 3 is 1.67 bits per heavy atom. The van der Waals surface area contributed by atoms with E-state index >= 15 is 0 Å². The molecule has 252 valence electrons. The third kappa shape index (κ3) is 3.67. The summed E-state index contributed by atoms with van der Waals surface area (Å²) in [5, 5.41) is 7.86. The summed E-state index contributed by atoms with van der Waals surface area (Å²) < 4.78 is 0. The van der Waals surface area contributed by atoms with Crippen molar-refractivity contribution in [2.75, 3.05) is 0 Å². The van der Waals surface area contributed by atoms with Gasteiger partial charge in [-0.05, 0) is 133 Å². The van der Waals surface area contributed by atoms with Crippen LogP contribution in [0.2, 0.25) is 0 Å². The van der Waals surface area contributed by atoms with Crippen molar-refractivity contribution < 1.29 is 0 Å². The average Bonchev–Trinajstić information content (AvgIpc) is 3.86. The van der Waals surface area contributed by atoms with E-state index in [9.17, 15) is 0 Å². The topological polar surface area (TPSA) is 0 Å². The van der Waals surface area contributed by atoms with Crippen LogP contribution in [0.15, 0.2) is 194 Å². The zero-order valence-corrected chi connectivity index (χ0v) is 30.0. The largest absolute Gasteiger partial charge is 0.0731 e. The van der Waals surface area contributed by atoms with E-state index in [1.54, 1.807) is 0 Å². The molecule has 0 saturated carbocycles. The predicted molar refractivity (Wildman–Crippen MR) is 231 cm³/mol. The quantitative estimate of drug-likeness (QED) is 0.169. The molecular formula is C55H32. The Kier molecular flexibility index (Phi) is 5.65. The monoisotopic (exact) mass is 692 g/mol. The van der Waals surface area contributed by atoms with Gasteiger partial charge in [-0.3, -0.25) is 0 Å². The van der Waals surface area contributed by atoms with Crippen LogP contribution in [-0.2, 0) is 5.41 Å². The third-order valence-corrected chi connectivity index (χ3v) is 13.0. The second kappa shape index (κ2) is 10.6. The molecule has 13 rings (SSSR count). The van der Waals surface area contributed by atoms with E-state index < -0.39 is 5.41 Å². The first-order valence-corrected chi connectivity index (χ1v) is 19.3. The molecule has 0 saturated heterocycles. The van der Waals surface area contributed by atoms with Crippen molar-refractivity contribution in [3.05, 3.63) is 216 Å². The molecule has 55 heavy (non-hydrogen) atoms. The zero-order chi connectivity index (χ0) is 35.8. The van der Waals surface area contributed by atoms with Gasteiger partial charge in [-0.25, -0.2) is 0 Å². The van der Waals surface area contributed by atoms with Crippen LogP contribution in [0, 0.1) is 0 Å². The molecular weight excluding hydrogens is 661 g/mol. The molecule has 0 heterocycles. The molecule has 0 bridgehead atoms. The van der Waals surface area contributed by atoms with Crippen molar-refractivity contribution in [1.82, 2.24) is 0 Å². The minimum absolute atomic E-state index is 0.405. The zero-order valence-electron chi connectivity index (χ0n) is 30.0. The van der Waals surface area contributed by atoms with Crippen LogP contribution in [0.5, 0.6) is 0 Å². The Morgan fingerprint density at radius 1 is 0.273 bits per heavy atom. The molecule has 0 nitrogen and oxygen atoms in total. The molecule has 3 aliphatic rings. The van der Waals surface area contributed by atoms with Gasteiger partial charge in [-0.2, -0.15) is 0 Å². The fourth-order valence-electron chi connectivity index (χ4n) is 10.9. The van der Waals surface area contributed by atoms with E-state index in [-0.39, 0.29) is 0 Å². The van der Waals surface area contributed by atoms with E-state index in [0.717, 1.165) is 0 Å². The molecule has 0 fully saturated rings. The summed E-state index contributed by atoms with van der Waals surface area (Å²) in [7, 11) is 0. The molecule has 0 radical (unpaired) electrons. The molecule has 0 aromatic heterocycles. The molecule has 10 aromatic carbocycles. The lowest BCUT2D eigenvalue weighted by molar-refractivity contribution is 0.802. The Morgan fingerprint density at radius 2 is 0.855 bits per heavy atom. The summed E-state index contributed by atoms with van der Waals surface area (Å²) >= 11 is 0. The van der Waals surface area contributed by atoms with E-state index in [0.29, 0.717) is 0 Å². The first-order valence-electron chi connectivity index (χ1n) is 19.3. The fourth-order valence-corrected chi connectivity index (χ4v) is 10.9. The highest BCUT2D eigenvalue weighted by molar-refractivity contribution is 6.19. The van der Waals surface area contributed by atoms with E-state index in [1.807, 2.05) is 0 Å². The number of rotatable bonds is 2. The van der Waals surface area contributed by atoms with Crippen LogP contribution < -0.4 is 0 Å². The van der Waals surface area contributed by atoms with Gasteiger partial charge in [0.15, 0.2) is 0 Å². The highest BCUT2D eigenvalue weighted by atomic mass is 14.5. The fraction of sp³-hybridized carbons (Fsp3) is 0.0182. The second-order valence-corrected chi connectivity index (χ2v) is 15.5. The van der Waals surface area contributed by atoms with Crippen molar-refractivity contribution in [2.45, 2.75) is 5.41 Å². The smallest absolute Gasteiger partial charge is 0.0619 e. The van der Waals surface area contributed by atoms with Gasteiger partial charge in [0.1, 0.15) is 0 Å². The summed E-state index contributed by atoms with van der Waals surface area (Å²) in [6, 6.07) is 73.2. The van der Waals surface area contributed by atoms with Crippen LogP contribution in [-0.4, -0.2) is 0 Å². The van der Waals surface area contributed by atoms with Crippen molar-refractivity contribution in [3.63, 3.8) is 0 Å². The number of hydrogen-bond acceptors (Lipinski definition) is 0. The van der Waals surface area contributed by atoms with E-state index in [1.165, 1.54) is 121 Å². The van der Waals surface area contributed by atoms with Crippen LogP contribution in [0.3, 0.4) is 0 Å². The highest BCUT2D eigenvalue weighted by Gasteiger charge is 2.52. The van der Waals surface area contributed by atoms with Crippen molar-refractivity contribution in [1.29, 1.82) is 0 Å². The Hall–Kier alpha value is -7.02. The van der Waals surface area contributed by atoms with Gasteiger partial charge in [0.05, 0.1) is 5.41 Å². The van der Waals surface area contributed by atoms with Gasteiger partial charge in [0.25, 0.3) is 0 Å². The average molecular weight is 693 g/mol. The SMILES string of the molecule is c1cc(-c2ccc3c4c(ccc3c2)-c2c(ccc3ccccc23)C42c3ccccc3-c3ccccc32)cc(-c2ccc3c4c(cccc24)-c2ccccc2-3)c1. The molecule has 0 N–H and O–H groups in total. The lowest BCUT2D eigenvalue weighted by Crippen LogP contribution is -2.26. The molecule has 3 aliphatic carbocycles. The van der Waals surface area contributed by atoms with Gasteiger partial charge in [-0.15, -0.1) is 0 Å². The first-order chi connectivity index (χ1) is 27.3. The summed E-state index contributed by atoms with van der Waals surface area (Å²) in [5.74, 6) is 0. The number of benzene rings is 10. The van der Waals surface area contributed by atoms with Crippen molar-refractivity contribution in [2.24, 2.45) is 0 Å². The lowest BCUT2D eigenvalue weighted by Gasteiger charge is -2.31. The van der Waals surface area contributed by atoms with Gasteiger partial charge < -0.3 is 0 Å². The van der Waals surface area contributed by atoms with Crippen molar-refractivity contribution >= 4 is 32.3 Å². The van der Waals surface area contributed by atoms with Crippen LogP contribution >= 0.6 is 0 Å². The second-order valence-electron chi connectivity index (χ2n) is 15.5. The molecule has 1 spiro atoms. The van der Waals surface area contributed by atoms with Gasteiger partial charge >= 0.3 is 0 Å². The normalized spacial score (nSPS) is 13.6. The van der Waals surface area contributed by atoms with E-state index in [2.05, 4.69) is 194 Å². The molecule has 0 amide bonds. The minimum atomic E-state index is -0.405. The summed E-state index contributed by atoms with van der Waals surface area (Å²) in [5.41, 5.74) is 20.8. The minimum Gasteiger partial charge on any atom is -0.0619 e. The maximum atomic E-state index is 2.42.